The van der Waals surface area contributed by atoms with Crippen LogP contribution in [-0.2, 0) is 4.79 Å². The predicted octanol–water partition coefficient (Wildman–Crippen LogP) is 2.12. The summed E-state index contributed by atoms with van der Waals surface area (Å²) >= 11 is 0. The van der Waals surface area contributed by atoms with Crippen molar-refractivity contribution in [2.45, 2.75) is 12.6 Å². The zero-order valence-electron chi connectivity index (χ0n) is 5.84. The van der Waals surface area contributed by atoms with Crippen LogP contribution in [0.4, 0.5) is 13.2 Å². The van der Waals surface area contributed by atoms with Gasteiger partial charge in [-0.05, 0) is 12.1 Å². The smallest absolute Gasteiger partial charge is 0.299 e. The van der Waals surface area contributed by atoms with E-state index in [2.05, 4.69) is 4.42 Å². The van der Waals surface area contributed by atoms with Crippen LogP contribution >= 0.6 is 0 Å². The molecule has 1 heterocycles. The van der Waals surface area contributed by atoms with Gasteiger partial charge in [0.2, 0.25) is 12.0 Å². The Kier molecular flexibility index (Phi) is 2.52. The molecule has 66 valence electrons. The first-order valence-corrected chi connectivity index (χ1v) is 3.12. The van der Waals surface area contributed by atoms with Gasteiger partial charge in [0.15, 0.2) is 0 Å². The lowest BCUT2D eigenvalue weighted by atomic mass is 10.2. The molecule has 1 rings (SSSR count). The van der Waals surface area contributed by atoms with E-state index in [0.29, 0.717) is 0 Å². The van der Waals surface area contributed by atoms with Gasteiger partial charge >= 0.3 is 0 Å². The van der Waals surface area contributed by atoms with Crippen molar-refractivity contribution in [3.8, 4) is 0 Å². The first kappa shape index (κ1) is 8.83. The average molecular weight is 178 g/mol. The summed E-state index contributed by atoms with van der Waals surface area (Å²) in [6.07, 6.45) is -4.55. The fraction of sp³-hybridized carbons (Fsp3) is 0.286. The van der Waals surface area contributed by atoms with E-state index in [-0.39, 0.29) is 5.76 Å². The van der Waals surface area contributed by atoms with Gasteiger partial charge in [-0.15, -0.1) is 0 Å². The second kappa shape index (κ2) is 3.42. The molecule has 0 aliphatic rings. The van der Waals surface area contributed by atoms with Gasteiger partial charge in [0, 0.05) is 0 Å². The Morgan fingerprint density at radius 1 is 1.42 bits per heavy atom. The number of hydrogen-bond acceptors (Lipinski definition) is 2. The van der Waals surface area contributed by atoms with Crippen LogP contribution in [0.25, 0.3) is 0 Å². The molecule has 12 heavy (non-hydrogen) atoms. The van der Waals surface area contributed by atoms with E-state index in [1.54, 1.807) is 0 Å². The van der Waals surface area contributed by atoms with Crippen LogP contribution in [0.1, 0.15) is 11.9 Å². The van der Waals surface area contributed by atoms with Crippen LogP contribution in [-0.4, -0.2) is 12.2 Å². The second-order valence-corrected chi connectivity index (χ2v) is 2.08. The molecule has 1 unspecified atom stereocenters. The third-order valence-electron chi connectivity index (χ3n) is 1.26. The van der Waals surface area contributed by atoms with Crippen LogP contribution in [0.15, 0.2) is 22.8 Å². The number of carbonyl (C=O) groups excluding carboxylic acids is 1. The van der Waals surface area contributed by atoms with Crippen molar-refractivity contribution < 1.29 is 22.4 Å². The number of alkyl halides is 3. The van der Waals surface area contributed by atoms with Gasteiger partial charge in [-0.1, -0.05) is 0 Å². The number of ketones is 1. The van der Waals surface area contributed by atoms with Gasteiger partial charge < -0.3 is 4.42 Å². The zero-order valence-corrected chi connectivity index (χ0v) is 5.84. The van der Waals surface area contributed by atoms with Crippen molar-refractivity contribution in [2.24, 2.45) is 0 Å². The average Bonchev–Trinajstić information content (AvgIpc) is 2.53. The Bertz CT molecular complexity index is 256. The van der Waals surface area contributed by atoms with E-state index in [4.69, 9.17) is 0 Å². The normalized spacial score (nSPS) is 13.3. The molecule has 5 heteroatoms. The molecule has 0 N–H and O–H groups in total. The second-order valence-electron chi connectivity index (χ2n) is 2.08. The van der Waals surface area contributed by atoms with E-state index < -0.39 is 18.4 Å². The molecule has 0 fully saturated rings. The molecule has 0 spiro atoms. The molecule has 0 saturated carbocycles. The fourth-order valence-corrected chi connectivity index (χ4v) is 0.686. The van der Waals surface area contributed by atoms with Crippen LogP contribution in [0, 0.1) is 0 Å². The van der Waals surface area contributed by atoms with E-state index in [1.165, 1.54) is 6.07 Å². The highest BCUT2D eigenvalue weighted by atomic mass is 19.3. The van der Waals surface area contributed by atoms with Gasteiger partial charge in [0.25, 0.3) is 6.43 Å². The summed E-state index contributed by atoms with van der Waals surface area (Å²) in [4.78, 5) is 10.4. The first-order valence-electron chi connectivity index (χ1n) is 3.12. The number of furan rings is 1. The minimum atomic E-state index is -3.30. The van der Waals surface area contributed by atoms with Gasteiger partial charge in [-0.25, -0.2) is 13.2 Å². The predicted molar refractivity (Wildman–Crippen MR) is 33.6 cm³/mol. The molecule has 1 atom stereocenters. The lowest BCUT2D eigenvalue weighted by Gasteiger charge is -2.01. The Morgan fingerprint density at radius 3 is 2.50 bits per heavy atom. The van der Waals surface area contributed by atoms with Gasteiger partial charge in [0.05, 0.1) is 6.26 Å². The molecule has 0 bridgehead atoms. The number of Topliss-reactive ketones (excluding diaryl/α,β-unsaturated/α-hetero) is 1. The minimum absolute atomic E-state index is 0.389. The third-order valence-corrected chi connectivity index (χ3v) is 1.26. The lowest BCUT2D eigenvalue weighted by Crippen LogP contribution is -2.16. The molecular formula is C7H5F3O2. The summed E-state index contributed by atoms with van der Waals surface area (Å²) in [5, 5.41) is 0. The van der Waals surface area contributed by atoms with Gasteiger partial charge in [0.1, 0.15) is 5.76 Å². The third kappa shape index (κ3) is 1.66. The van der Waals surface area contributed by atoms with E-state index >= 15 is 0 Å². The molecule has 0 aromatic carbocycles. The summed E-state index contributed by atoms with van der Waals surface area (Å²) in [7, 11) is 0. The molecule has 0 saturated heterocycles. The van der Waals surface area contributed by atoms with Crippen LogP contribution in [0.3, 0.4) is 0 Å². The quantitative estimate of drug-likeness (QED) is 0.709. The van der Waals surface area contributed by atoms with Crippen molar-refractivity contribution in [3.63, 3.8) is 0 Å². The van der Waals surface area contributed by atoms with E-state index in [1.807, 2.05) is 0 Å². The van der Waals surface area contributed by atoms with E-state index in [9.17, 15) is 18.0 Å². The van der Waals surface area contributed by atoms with E-state index in [0.717, 1.165) is 12.3 Å². The minimum Gasteiger partial charge on any atom is -0.466 e. The maximum atomic E-state index is 12.7. The van der Waals surface area contributed by atoms with Crippen molar-refractivity contribution in [1.82, 2.24) is 0 Å². The fourth-order valence-electron chi connectivity index (χ4n) is 0.686. The molecular weight excluding hydrogens is 173 g/mol. The number of hydrogen-bond donors (Lipinski definition) is 0. The molecule has 0 aliphatic carbocycles. The van der Waals surface area contributed by atoms with Gasteiger partial charge in [-0.2, -0.15) is 0 Å². The van der Waals surface area contributed by atoms with Crippen LogP contribution < -0.4 is 0 Å². The Labute approximate surface area is 66.0 Å². The van der Waals surface area contributed by atoms with Crippen molar-refractivity contribution in [2.75, 3.05) is 0 Å². The van der Waals surface area contributed by atoms with Crippen molar-refractivity contribution >= 4 is 5.78 Å². The number of carbonyl (C=O) groups is 1. The van der Waals surface area contributed by atoms with Gasteiger partial charge in [-0.3, -0.25) is 4.79 Å². The maximum Gasteiger partial charge on any atom is 0.299 e. The van der Waals surface area contributed by atoms with Crippen molar-refractivity contribution in [3.05, 3.63) is 24.2 Å². The summed E-state index contributed by atoms with van der Waals surface area (Å²) in [5.74, 6) is -2.16. The number of rotatable bonds is 3. The Morgan fingerprint density at radius 2 is 2.08 bits per heavy atom. The highest BCUT2D eigenvalue weighted by Crippen LogP contribution is 2.21. The largest absolute Gasteiger partial charge is 0.466 e. The van der Waals surface area contributed by atoms with Crippen molar-refractivity contribution in [1.29, 1.82) is 0 Å². The summed E-state index contributed by atoms with van der Waals surface area (Å²) in [6.45, 7) is 0. The molecule has 0 amide bonds. The Hall–Kier alpha value is -1.26. The highest BCUT2D eigenvalue weighted by Gasteiger charge is 2.29. The summed E-state index contributed by atoms with van der Waals surface area (Å²) in [5.41, 5.74) is 0. The highest BCUT2D eigenvalue weighted by molar-refractivity contribution is 5.86. The molecule has 1 aromatic rings. The molecule has 0 aliphatic heterocycles. The molecule has 1 aromatic heterocycles. The first-order chi connectivity index (χ1) is 5.63. The van der Waals surface area contributed by atoms with Crippen LogP contribution in [0.2, 0.25) is 0 Å². The topological polar surface area (TPSA) is 30.2 Å². The standard InChI is InChI=1S/C7H5F3O2/c8-5(6(11)7(9)10)4-2-1-3-12-4/h1-3,5,7H. The zero-order chi connectivity index (χ0) is 9.14. The maximum absolute atomic E-state index is 12.7. The Balaban J connectivity index is 2.72. The molecule has 2 nitrogen and oxygen atoms in total. The lowest BCUT2D eigenvalue weighted by molar-refractivity contribution is -0.135. The summed E-state index contributed by atoms with van der Waals surface area (Å²) < 4.78 is 40.4. The summed E-state index contributed by atoms with van der Waals surface area (Å²) in [6, 6.07) is 2.45. The van der Waals surface area contributed by atoms with Crippen LogP contribution in [0.5, 0.6) is 0 Å². The SMILES string of the molecule is O=C(C(F)F)C(F)c1ccco1. The number of halogens is 3. The monoisotopic (exact) mass is 178 g/mol. The molecule has 0 radical (unpaired) electrons.